The molecule has 86 valence electrons. The zero-order valence-electron chi connectivity index (χ0n) is 9.67. The van der Waals surface area contributed by atoms with Gasteiger partial charge in [-0.05, 0) is 25.2 Å². The maximum Gasteiger partial charge on any atom is 0.331 e. The number of carboxylic acid groups (broad SMARTS) is 1. The number of carbonyl (C=O) groups is 1. The average molecular weight is 210 g/mol. The lowest BCUT2D eigenvalue weighted by atomic mass is 9.86. The van der Waals surface area contributed by atoms with Gasteiger partial charge in [0.1, 0.15) is 0 Å². The molecular weight excluding hydrogens is 188 g/mol. The SMILES string of the molecule is CCCCCC[C@@H]1CC=C(C(=O)O)CC1. The molecule has 15 heavy (non-hydrogen) atoms. The Labute approximate surface area is 92.4 Å². The van der Waals surface area contributed by atoms with E-state index >= 15 is 0 Å². The van der Waals surface area contributed by atoms with Crippen molar-refractivity contribution < 1.29 is 9.90 Å². The molecule has 0 spiro atoms. The van der Waals surface area contributed by atoms with E-state index in [4.69, 9.17) is 5.11 Å². The van der Waals surface area contributed by atoms with Gasteiger partial charge in [0.25, 0.3) is 0 Å². The fourth-order valence-electron chi connectivity index (χ4n) is 2.20. The number of hydrogen-bond donors (Lipinski definition) is 1. The van der Waals surface area contributed by atoms with Gasteiger partial charge in [-0.1, -0.05) is 45.1 Å². The van der Waals surface area contributed by atoms with Crippen LogP contribution < -0.4 is 0 Å². The zero-order valence-corrected chi connectivity index (χ0v) is 9.67. The van der Waals surface area contributed by atoms with Crippen molar-refractivity contribution >= 4 is 5.97 Å². The van der Waals surface area contributed by atoms with Crippen molar-refractivity contribution in [3.63, 3.8) is 0 Å². The van der Waals surface area contributed by atoms with Crippen LogP contribution >= 0.6 is 0 Å². The van der Waals surface area contributed by atoms with E-state index in [2.05, 4.69) is 6.92 Å². The minimum absolute atomic E-state index is 0.625. The Kier molecular flexibility index (Phi) is 5.44. The van der Waals surface area contributed by atoms with E-state index in [1.165, 1.54) is 32.1 Å². The summed E-state index contributed by atoms with van der Waals surface area (Å²) in [6.45, 7) is 2.22. The molecular formula is C13H22O2. The summed E-state index contributed by atoms with van der Waals surface area (Å²) < 4.78 is 0. The van der Waals surface area contributed by atoms with Crippen LogP contribution in [0.2, 0.25) is 0 Å². The highest BCUT2D eigenvalue weighted by molar-refractivity contribution is 5.86. The Morgan fingerprint density at radius 1 is 1.47 bits per heavy atom. The number of rotatable bonds is 6. The van der Waals surface area contributed by atoms with Crippen molar-refractivity contribution in [2.24, 2.45) is 5.92 Å². The Balaban J connectivity index is 2.17. The number of unbranched alkanes of at least 4 members (excludes halogenated alkanes) is 3. The van der Waals surface area contributed by atoms with Gasteiger partial charge in [0, 0.05) is 5.57 Å². The van der Waals surface area contributed by atoms with Crippen molar-refractivity contribution in [1.82, 2.24) is 0 Å². The molecule has 0 unspecified atom stereocenters. The highest BCUT2D eigenvalue weighted by atomic mass is 16.4. The molecule has 1 aliphatic rings. The highest BCUT2D eigenvalue weighted by Gasteiger charge is 2.17. The first-order chi connectivity index (χ1) is 7.24. The van der Waals surface area contributed by atoms with Gasteiger partial charge < -0.3 is 5.11 Å². The van der Waals surface area contributed by atoms with E-state index in [1.54, 1.807) is 0 Å². The lowest BCUT2D eigenvalue weighted by Crippen LogP contribution is -2.10. The van der Waals surface area contributed by atoms with Gasteiger partial charge in [0.05, 0.1) is 0 Å². The molecule has 1 aliphatic carbocycles. The van der Waals surface area contributed by atoms with Crippen molar-refractivity contribution in [2.45, 2.75) is 58.3 Å². The normalized spacial score (nSPS) is 21.1. The summed E-state index contributed by atoms with van der Waals surface area (Å²) in [5.41, 5.74) is 0.625. The summed E-state index contributed by atoms with van der Waals surface area (Å²) in [6, 6.07) is 0. The third-order valence-corrected chi connectivity index (χ3v) is 3.26. The van der Waals surface area contributed by atoms with Crippen LogP contribution in [-0.4, -0.2) is 11.1 Å². The van der Waals surface area contributed by atoms with Crippen molar-refractivity contribution in [2.75, 3.05) is 0 Å². The first kappa shape index (κ1) is 12.3. The third kappa shape index (κ3) is 4.50. The van der Waals surface area contributed by atoms with Crippen LogP contribution in [-0.2, 0) is 4.79 Å². The zero-order chi connectivity index (χ0) is 11.1. The van der Waals surface area contributed by atoms with Crippen LogP contribution in [0.4, 0.5) is 0 Å². The molecule has 0 heterocycles. The molecule has 0 bridgehead atoms. The van der Waals surface area contributed by atoms with Crippen LogP contribution in [0.25, 0.3) is 0 Å². The molecule has 0 fully saturated rings. The van der Waals surface area contributed by atoms with E-state index in [9.17, 15) is 4.79 Å². The van der Waals surface area contributed by atoms with Gasteiger partial charge >= 0.3 is 5.97 Å². The molecule has 0 aromatic rings. The summed E-state index contributed by atoms with van der Waals surface area (Å²) in [5.74, 6) is 0.0180. The smallest absolute Gasteiger partial charge is 0.331 e. The van der Waals surface area contributed by atoms with Crippen molar-refractivity contribution in [3.05, 3.63) is 11.6 Å². The lowest BCUT2D eigenvalue weighted by molar-refractivity contribution is -0.132. The molecule has 0 radical (unpaired) electrons. The standard InChI is InChI=1S/C13H22O2/c1-2-3-4-5-6-11-7-9-12(10-8-11)13(14)15/h9,11H,2-8,10H2,1H3,(H,14,15)/t11-/m1/s1. The summed E-state index contributed by atoms with van der Waals surface area (Å²) >= 11 is 0. The fourth-order valence-corrected chi connectivity index (χ4v) is 2.20. The molecule has 0 aliphatic heterocycles. The minimum Gasteiger partial charge on any atom is -0.478 e. The van der Waals surface area contributed by atoms with E-state index in [0.29, 0.717) is 5.57 Å². The summed E-state index contributed by atoms with van der Waals surface area (Å²) in [5, 5.41) is 8.80. The summed E-state index contributed by atoms with van der Waals surface area (Å²) in [4.78, 5) is 10.7. The summed E-state index contributed by atoms with van der Waals surface area (Å²) in [6.07, 6.45) is 11.3. The Bertz CT molecular complexity index is 231. The molecule has 2 heteroatoms. The number of allylic oxidation sites excluding steroid dienone is 1. The van der Waals surface area contributed by atoms with Crippen LogP contribution in [0.5, 0.6) is 0 Å². The topological polar surface area (TPSA) is 37.3 Å². The van der Waals surface area contributed by atoms with Gasteiger partial charge in [0.2, 0.25) is 0 Å². The van der Waals surface area contributed by atoms with E-state index in [-0.39, 0.29) is 0 Å². The molecule has 0 aromatic carbocycles. The van der Waals surface area contributed by atoms with Crippen LogP contribution in [0.1, 0.15) is 58.3 Å². The molecule has 0 amide bonds. The third-order valence-electron chi connectivity index (χ3n) is 3.26. The molecule has 0 saturated heterocycles. The van der Waals surface area contributed by atoms with Crippen LogP contribution in [0.3, 0.4) is 0 Å². The molecule has 0 saturated carbocycles. The molecule has 1 atom stereocenters. The lowest BCUT2D eigenvalue weighted by Gasteiger charge is -2.19. The van der Waals surface area contributed by atoms with E-state index < -0.39 is 5.97 Å². The molecule has 0 aromatic heterocycles. The monoisotopic (exact) mass is 210 g/mol. The first-order valence-electron chi connectivity index (χ1n) is 6.16. The van der Waals surface area contributed by atoms with Gasteiger partial charge in [-0.2, -0.15) is 0 Å². The van der Waals surface area contributed by atoms with E-state index in [0.717, 1.165) is 25.2 Å². The van der Waals surface area contributed by atoms with Crippen LogP contribution in [0, 0.1) is 5.92 Å². The Morgan fingerprint density at radius 2 is 2.27 bits per heavy atom. The maximum absolute atomic E-state index is 10.7. The number of hydrogen-bond acceptors (Lipinski definition) is 1. The molecule has 1 rings (SSSR count). The van der Waals surface area contributed by atoms with Gasteiger partial charge in [0.15, 0.2) is 0 Å². The predicted molar refractivity (Wildman–Crippen MR) is 61.8 cm³/mol. The highest BCUT2D eigenvalue weighted by Crippen LogP contribution is 2.27. The average Bonchev–Trinajstić information content (AvgIpc) is 2.25. The van der Waals surface area contributed by atoms with Crippen molar-refractivity contribution in [1.29, 1.82) is 0 Å². The second-order valence-electron chi connectivity index (χ2n) is 4.52. The largest absolute Gasteiger partial charge is 0.478 e. The first-order valence-corrected chi connectivity index (χ1v) is 6.16. The Morgan fingerprint density at radius 3 is 2.80 bits per heavy atom. The number of aliphatic carboxylic acids is 1. The molecule has 2 nitrogen and oxygen atoms in total. The quantitative estimate of drug-likeness (QED) is 0.678. The number of carboxylic acids is 1. The van der Waals surface area contributed by atoms with Crippen LogP contribution in [0.15, 0.2) is 11.6 Å². The second-order valence-corrected chi connectivity index (χ2v) is 4.52. The summed E-state index contributed by atoms with van der Waals surface area (Å²) in [7, 11) is 0. The van der Waals surface area contributed by atoms with Gasteiger partial charge in [-0.3, -0.25) is 0 Å². The van der Waals surface area contributed by atoms with Gasteiger partial charge in [-0.25, -0.2) is 4.79 Å². The van der Waals surface area contributed by atoms with Crippen molar-refractivity contribution in [3.8, 4) is 0 Å². The fraction of sp³-hybridized carbons (Fsp3) is 0.769. The second kappa shape index (κ2) is 6.65. The van der Waals surface area contributed by atoms with Gasteiger partial charge in [-0.15, -0.1) is 0 Å². The molecule has 1 N–H and O–H groups in total. The minimum atomic E-state index is -0.723. The van der Waals surface area contributed by atoms with E-state index in [1.807, 2.05) is 6.08 Å². The Hall–Kier alpha value is -0.790. The predicted octanol–water partition coefficient (Wildman–Crippen LogP) is 3.77. The maximum atomic E-state index is 10.7.